The van der Waals surface area contributed by atoms with Gasteiger partial charge in [-0.3, -0.25) is 19.5 Å². The van der Waals surface area contributed by atoms with Crippen LogP contribution in [0.15, 0.2) is 66.5 Å². The van der Waals surface area contributed by atoms with Crippen LogP contribution in [0.3, 0.4) is 0 Å². The average Bonchev–Trinajstić information content (AvgIpc) is 3.46. The third-order valence-electron chi connectivity index (χ3n) is 6.40. The van der Waals surface area contributed by atoms with Gasteiger partial charge in [-0.25, -0.2) is 4.98 Å². The smallest absolute Gasteiger partial charge is 0.301 e. The number of anilines is 1. The number of hydrogen-bond donors (Lipinski definition) is 1. The fourth-order valence-corrected chi connectivity index (χ4v) is 5.65. The molecule has 0 radical (unpaired) electrons. The molecule has 1 fully saturated rings. The van der Waals surface area contributed by atoms with Gasteiger partial charge in [0.15, 0.2) is 16.6 Å². The maximum absolute atomic E-state index is 13.5. The van der Waals surface area contributed by atoms with Crippen LogP contribution in [0.5, 0.6) is 11.5 Å². The topological polar surface area (TPSA) is 102 Å². The van der Waals surface area contributed by atoms with Crippen molar-refractivity contribution in [2.45, 2.75) is 26.3 Å². The summed E-state index contributed by atoms with van der Waals surface area (Å²) in [5, 5.41) is 12.1. The molecule has 0 aliphatic carbocycles. The van der Waals surface area contributed by atoms with Crippen molar-refractivity contribution in [3.8, 4) is 11.5 Å². The molecule has 10 heteroatoms. The molecule has 2 aromatic heterocycles. The van der Waals surface area contributed by atoms with Crippen LogP contribution in [0.1, 0.15) is 37.4 Å². The van der Waals surface area contributed by atoms with E-state index >= 15 is 0 Å². The highest BCUT2D eigenvalue weighted by Crippen LogP contribution is 2.46. The number of ketones is 1. The van der Waals surface area contributed by atoms with Crippen molar-refractivity contribution < 1.29 is 24.2 Å². The van der Waals surface area contributed by atoms with E-state index in [0.717, 1.165) is 11.1 Å². The summed E-state index contributed by atoms with van der Waals surface area (Å²) in [6.07, 6.45) is 3.88. The number of methoxy groups -OCH3 is 1. The number of aliphatic hydroxyl groups is 1. The molecule has 0 saturated carbocycles. The second-order valence-electron chi connectivity index (χ2n) is 9.45. The van der Waals surface area contributed by atoms with Crippen molar-refractivity contribution in [2.24, 2.45) is 5.92 Å². The number of carbonyl (C=O) groups is 2. The van der Waals surface area contributed by atoms with Gasteiger partial charge in [0, 0.05) is 23.0 Å². The monoisotopic (exact) mass is 563 g/mol. The molecule has 1 saturated heterocycles. The first-order chi connectivity index (χ1) is 18.8. The van der Waals surface area contributed by atoms with Gasteiger partial charge in [0.25, 0.3) is 5.78 Å². The number of ether oxygens (including phenoxy) is 2. The van der Waals surface area contributed by atoms with E-state index in [1.165, 1.54) is 35.7 Å². The Morgan fingerprint density at radius 1 is 1.10 bits per heavy atom. The lowest BCUT2D eigenvalue weighted by atomic mass is 9.95. The second-order valence-corrected chi connectivity index (χ2v) is 10.9. The summed E-state index contributed by atoms with van der Waals surface area (Å²) < 4.78 is 12.3. The minimum atomic E-state index is -0.965. The number of nitrogens with zero attached hydrogens (tertiary/aromatic N) is 3. The summed E-state index contributed by atoms with van der Waals surface area (Å²) in [6.45, 7) is 4.75. The standard InChI is InChI=1S/C29H26ClN3O5S/c1-16(2)10-13-38-21-7-4-18(14-22(21)37-3)25-24(26(34)17-8-11-31-12-9-17)27(35)28(36)33(25)29-32-20-6-5-19(30)15-23(20)39-29/h4-9,11-12,14-16,25,34H,10,13H2,1-3H3/b26-24+. The van der Waals surface area contributed by atoms with E-state index in [1.54, 1.807) is 48.5 Å². The van der Waals surface area contributed by atoms with Gasteiger partial charge in [-0.15, -0.1) is 0 Å². The molecule has 1 N–H and O–H groups in total. The van der Waals surface area contributed by atoms with Gasteiger partial charge >= 0.3 is 5.91 Å². The lowest BCUT2D eigenvalue weighted by Crippen LogP contribution is -2.29. The van der Waals surface area contributed by atoms with E-state index in [4.69, 9.17) is 21.1 Å². The molecule has 1 unspecified atom stereocenters. The fourth-order valence-electron chi connectivity index (χ4n) is 4.38. The van der Waals surface area contributed by atoms with Gasteiger partial charge < -0.3 is 14.6 Å². The molecule has 0 spiro atoms. The molecule has 8 nitrogen and oxygen atoms in total. The van der Waals surface area contributed by atoms with Crippen molar-refractivity contribution in [3.05, 3.63) is 82.6 Å². The molecule has 5 rings (SSSR count). The minimum absolute atomic E-state index is 0.0565. The molecule has 39 heavy (non-hydrogen) atoms. The Bertz CT molecular complexity index is 1580. The number of rotatable bonds is 8. The molecule has 4 aromatic rings. The Kier molecular flexibility index (Phi) is 7.54. The van der Waals surface area contributed by atoms with Gasteiger partial charge in [0.05, 0.1) is 35.5 Å². The molecule has 1 amide bonds. The zero-order chi connectivity index (χ0) is 27.7. The molecule has 1 atom stereocenters. The van der Waals surface area contributed by atoms with Crippen molar-refractivity contribution in [1.29, 1.82) is 0 Å². The summed E-state index contributed by atoms with van der Waals surface area (Å²) in [6, 6.07) is 12.6. The van der Waals surface area contributed by atoms with Crippen LogP contribution in [0, 0.1) is 5.92 Å². The molecule has 1 aliphatic heterocycles. The number of thiazole rings is 1. The molecule has 2 aromatic carbocycles. The van der Waals surface area contributed by atoms with E-state index in [2.05, 4.69) is 23.8 Å². The Balaban J connectivity index is 1.66. The molecule has 200 valence electrons. The quantitative estimate of drug-likeness (QED) is 0.150. The summed E-state index contributed by atoms with van der Waals surface area (Å²) in [7, 11) is 1.53. The van der Waals surface area contributed by atoms with Crippen molar-refractivity contribution in [1.82, 2.24) is 9.97 Å². The number of Topliss-reactive ketones (excluding diaryl/α,β-unsaturated/α-hetero) is 1. The third-order valence-corrected chi connectivity index (χ3v) is 7.65. The summed E-state index contributed by atoms with van der Waals surface area (Å²) >= 11 is 7.41. The zero-order valence-corrected chi connectivity index (χ0v) is 23.1. The number of aromatic nitrogens is 2. The van der Waals surface area contributed by atoms with Gasteiger partial charge in [-0.1, -0.05) is 42.9 Å². The maximum Gasteiger partial charge on any atom is 0.301 e. The van der Waals surface area contributed by atoms with E-state index in [1.807, 2.05) is 0 Å². The van der Waals surface area contributed by atoms with E-state index < -0.39 is 17.7 Å². The van der Waals surface area contributed by atoms with Gasteiger partial charge in [-0.2, -0.15) is 0 Å². The first-order valence-electron chi connectivity index (χ1n) is 12.4. The van der Waals surface area contributed by atoms with Crippen LogP contribution < -0.4 is 14.4 Å². The predicted octanol–water partition coefficient (Wildman–Crippen LogP) is 6.40. The fraction of sp³-hybridized carbons (Fsp3) is 0.241. The number of pyridine rings is 1. The van der Waals surface area contributed by atoms with Crippen LogP contribution in [-0.2, 0) is 9.59 Å². The Hall–Kier alpha value is -3.95. The second kappa shape index (κ2) is 11.0. The number of aliphatic hydroxyl groups excluding tert-OH is 1. The highest BCUT2D eigenvalue weighted by atomic mass is 35.5. The van der Waals surface area contributed by atoms with Crippen LogP contribution in [0.4, 0.5) is 5.13 Å². The van der Waals surface area contributed by atoms with E-state index in [-0.39, 0.29) is 11.3 Å². The molecule has 1 aliphatic rings. The lowest BCUT2D eigenvalue weighted by molar-refractivity contribution is -0.132. The van der Waals surface area contributed by atoms with Crippen molar-refractivity contribution >= 4 is 55.7 Å². The molecular weight excluding hydrogens is 538 g/mol. The van der Waals surface area contributed by atoms with E-state index in [9.17, 15) is 14.7 Å². The van der Waals surface area contributed by atoms with Crippen LogP contribution >= 0.6 is 22.9 Å². The number of fused-ring (bicyclic) bond motifs is 1. The molecule has 3 heterocycles. The lowest BCUT2D eigenvalue weighted by Gasteiger charge is -2.24. The molecule has 0 bridgehead atoms. The van der Waals surface area contributed by atoms with E-state index in [0.29, 0.717) is 50.8 Å². The third kappa shape index (κ3) is 5.20. The number of amides is 1. The Labute approximate surface area is 234 Å². The number of hydrogen-bond acceptors (Lipinski definition) is 8. The average molecular weight is 564 g/mol. The van der Waals surface area contributed by atoms with Crippen LogP contribution in [0.25, 0.3) is 16.0 Å². The minimum Gasteiger partial charge on any atom is -0.507 e. The van der Waals surface area contributed by atoms with Crippen molar-refractivity contribution in [3.63, 3.8) is 0 Å². The number of carbonyl (C=O) groups excluding carboxylic acids is 2. The first-order valence-corrected chi connectivity index (χ1v) is 13.6. The Morgan fingerprint density at radius 2 is 1.87 bits per heavy atom. The highest BCUT2D eigenvalue weighted by Gasteiger charge is 2.48. The van der Waals surface area contributed by atoms with Crippen molar-refractivity contribution in [2.75, 3.05) is 18.6 Å². The SMILES string of the molecule is COc1cc(C2/C(=C(\O)c3ccncc3)C(=O)C(=O)N2c2nc3ccc(Cl)cc3s2)ccc1OCCC(C)C. The van der Waals surface area contributed by atoms with Crippen LogP contribution in [-0.4, -0.2) is 40.5 Å². The zero-order valence-electron chi connectivity index (χ0n) is 21.6. The van der Waals surface area contributed by atoms with Crippen LogP contribution in [0.2, 0.25) is 5.02 Å². The summed E-state index contributed by atoms with van der Waals surface area (Å²) in [5.74, 6) is -0.445. The summed E-state index contributed by atoms with van der Waals surface area (Å²) in [5.41, 5.74) is 1.50. The highest BCUT2D eigenvalue weighted by molar-refractivity contribution is 7.22. The van der Waals surface area contributed by atoms with Gasteiger partial charge in [0.2, 0.25) is 0 Å². The Morgan fingerprint density at radius 3 is 2.59 bits per heavy atom. The first kappa shape index (κ1) is 26.6. The number of benzene rings is 2. The summed E-state index contributed by atoms with van der Waals surface area (Å²) in [4.78, 5) is 36.9. The molecular formula is C29H26ClN3O5S. The van der Waals surface area contributed by atoms with Gasteiger partial charge in [0.1, 0.15) is 5.76 Å². The number of halogens is 1. The van der Waals surface area contributed by atoms with Gasteiger partial charge in [-0.05, 0) is 60.4 Å². The predicted molar refractivity (Wildman–Crippen MR) is 152 cm³/mol. The normalized spacial score (nSPS) is 16.8. The maximum atomic E-state index is 13.5. The largest absolute Gasteiger partial charge is 0.507 e.